The first-order valence-electron chi connectivity index (χ1n) is 6.03. The topological polar surface area (TPSA) is 39.1 Å². The smallest absolute Gasteiger partial charge is 0.0992 e. The van der Waals surface area contributed by atoms with Crippen molar-refractivity contribution in [1.29, 1.82) is 5.26 Å². The molecule has 96 valence electrons. The highest BCUT2D eigenvalue weighted by molar-refractivity contribution is 9.10. The van der Waals surface area contributed by atoms with Crippen LogP contribution in [0.1, 0.15) is 5.56 Å². The Kier molecular flexibility index (Phi) is 5.36. The molecule has 0 saturated carbocycles. The minimum Gasteiger partial charge on any atom is -0.383 e. The third-order valence-electron chi connectivity index (χ3n) is 2.95. The lowest BCUT2D eigenvalue weighted by Crippen LogP contribution is -2.36. The highest BCUT2D eigenvalue weighted by Crippen LogP contribution is 2.23. The number of nitrogens with one attached hydrogen (secondary N) is 1. The van der Waals surface area contributed by atoms with Crippen molar-refractivity contribution in [2.45, 2.75) is 0 Å². The molecule has 0 radical (unpaired) electrons. The van der Waals surface area contributed by atoms with Gasteiger partial charge in [0.15, 0.2) is 0 Å². The van der Waals surface area contributed by atoms with Crippen molar-refractivity contribution in [2.75, 3.05) is 43.0 Å². The van der Waals surface area contributed by atoms with Crippen LogP contribution >= 0.6 is 27.7 Å². The fraction of sp³-hybridized carbons (Fsp3) is 0.462. The van der Waals surface area contributed by atoms with Crippen LogP contribution in [0.4, 0.5) is 5.69 Å². The molecule has 0 atom stereocenters. The van der Waals surface area contributed by atoms with E-state index in [1.54, 1.807) is 0 Å². The van der Waals surface area contributed by atoms with Crippen LogP contribution in [0, 0.1) is 11.3 Å². The van der Waals surface area contributed by atoms with E-state index in [1.807, 2.05) is 30.0 Å². The van der Waals surface area contributed by atoms with Crippen molar-refractivity contribution in [3.63, 3.8) is 0 Å². The molecule has 1 N–H and O–H groups in total. The molecule has 1 aliphatic heterocycles. The highest BCUT2D eigenvalue weighted by Gasteiger charge is 2.09. The Labute approximate surface area is 121 Å². The van der Waals surface area contributed by atoms with Gasteiger partial charge < -0.3 is 5.32 Å². The lowest BCUT2D eigenvalue weighted by Gasteiger charge is -2.26. The molecule has 3 nitrogen and oxygen atoms in total. The number of thioether (sulfide) groups is 1. The molecule has 1 aromatic carbocycles. The molecule has 1 aliphatic rings. The molecule has 18 heavy (non-hydrogen) atoms. The quantitative estimate of drug-likeness (QED) is 0.923. The largest absolute Gasteiger partial charge is 0.383 e. The first-order chi connectivity index (χ1) is 8.79. The fourth-order valence-corrected chi connectivity index (χ4v) is 3.40. The molecule has 0 spiro atoms. The summed E-state index contributed by atoms with van der Waals surface area (Å²) in [5, 5.41) is 12.2. The lowest BCUT2D eigenvalue weighted by atomic mass is 10.2. The van der Waals surface area contributed by atoms with Crippen molar-refractivity contribution in [3.8, 4) is 6.07 Å². The number of rotatable bonds is 4. The maximum Gasteiger partial charge on any atom is 0.0992 e. The Hall–Kier alpha value is -0.700. The third-order valence-corrected chi connectivity index (χ3v) is 4.54. The normalized spacial score (nSPS) is 16.2. The highest BCUT2D eigenvalue weighted by atomic mass is 79.9. The molecule has 1 saturated heterocycles. The summed E-state index contributed by atoms with van der Waals surface area (Å²) in [5.74, 6) is 2.50. The van der Waals surface area contributed by atoms with Gasteiger partial charge in [0.05, 0.1) is 11.6 Å². The minimum atomic E-state index is 0.681. The number of nitrogens with zero attached hydrogens (tertiary/aromatic N) is 2. The van der Waals surface area contributed by atoms with Gasteiger partial charge in [-0.25, -0.2) is 0 Å². The van der Waals surface area contributed by atoms with Gasteiger partial charge in [-0.3, -0.25) is 4.90 Å². The average Bonchev–Trinajstić information content (AvgIpc) is 2.42. The summed E-state index contributed by atoms with van der Waals surface area (Å²) in [6.07, 6.45) is 0. The first-order valence-corrected chi connectivity index (χ1v) is 7.98. The zero-order valence-corrected chi connectivity index (χ0v) is 12.6. The molecule has 0 aromatic heterocycles. The van der Waals surface area contributed by atoms with Crippen LogP contribution in [-0.4, -0.2) is 42.6 Å². The van der Waals surface area contributed by atoms with Crippen LogP contribution in [0.15, 0.2) is 22.7 Å². The van der Waals surface area contributed by atoms with Crippen molar-refractivity contribution >= 4 is 33.4 Å². The van der Waals surface area contributed by atoms with Crippen molar-refractivity contribution in [3.05, 3.63) is 28.2 Å². The second-order valence-corrected chi connectivity index (χ2v) is 6.27. The summed E-state index contributed by atoms with van der Waals surface area (Å²) in [5.41, 5.74) is 1.74. The number of halogens is 1. The van der Waals surface area contributed by atoms with E-state index in [1.165, 1.54) is 24.6 Å². The maximum absolute atomic E-state index is 8.80. The summed E-state index contributed by atoms with van der Waals surface area (Å²) in [7, 11) is 0. The van der Waals surface area contributed by atoms with E-state index in [9.17, 15) is 0 Å². The van der Waals surface area contributed by atoms with E-state index in [2.05, 4.69) is 32.2 Å². The molecule has 0 unspecified atom stereocenters. The van der Waals surface area contributed by atoms with Crippen LogP contribution in [0.25, 0.3) is 0 Å². The summed E-state index contributed by atoms with van der Waals surface area (Å²) in [4.78, 5) is 2.49. The number of benzene rings is 1. The van der Waals surface area contributed by atoms with Crippen molar-refractivity contribution in [1.82, 2.24) is 4.90 Å². The number of anilines is 1. The molecule has 5 heteroatoms. The molecule has 1 aromatic rings. The number of hydrogen-bond acceptors (Lipinski definition) is 4. The summed E-state index contributed by atoms with van der Waals surface area (Å²) < 4.78 is 0.954. The van der Waals surface area contributed by atoms with Crippen LogP contribution in [0.3, 0.4) is 0 Å². The van der Waals surface area contributed by atoms with Crippen LogP contribution in [0.2, 0.25) is 0 Å². The zero-order valence-electron chi connectivity index (χ0n) is 10.2. The fourth-order valence-electron chi connectivity index (χ4n) is 1.90. The lowest BCUT2D eigenvalue weighted by molar-refractivity contribution is 0.314. The van der Waals surface area contributed by atoms with E-state index in [-0.39, 0.29) is 0 Å². The van der Waals surface area contributed by atoms with E-state index < -0.39 is 0 Å². The van der Waals surface area contributed by atoms with E-state index in [0.717, 1.165) is 23.2 Å². The molecule has 1 heterocycles. The predicted molar refractivity (Wildman–Crippen MR) is 81.1 cm³/mol. The molecule has 0 aliphatic carbocycles. The van der Waals surface area contributed by atoms with Gasteiger partial charge in [-0.1, -0.05) is 0 Å². The SMILES string of the molecule is N#Cc1ccc(NCCN2CCSCC2)c(Br)c1. The van der Waals surface area contributed by atoms with Gasteiger partial charge in [0.1, 0.15) is 0 Å². The Balaban J connectivity index is 1.81. The summed E-state index contributed by atoms with van der Waals surface area (Å²) >= 11 is 5.52. The molecular weight excluding hydrogens is 310 g/mol. The molecule has 0 bridgehead atoms. The van der Waals surface area contributed by atoms with Crippen molar-refractivity contribution in [2.24, 2.45) is 0 Å². The van der Waals surface area contributed by atoms with Crippen molar-refractivity contribution < 1.29 is 0 Å². The predicted octanol–water partition coefficient (Wildman–Crippen LogP) is 2.78. The van der Waals surface area contributed by atoms with Gasteiger partial charge in [0.2, 0.25) is 0 Å². The maximum atomic E-state index is 8.80. The Morgan fingerprint density at radius 2 is 2.17 bits per heavy atom. The molecular formula is C13H16BrN3S. The van der Waals surface area contributed by atoms with E-state index in [0.29, 0.717) is 5.56 Å². The minimum absolute atomic E-state index is 0.681. The Bertz CT molecular complexity index is 438. The van der Waals surface area contributed by atoms with Crippen LogP contribution in [0.5, 0.6) is 0 Å². The first kappa shape index (κ1) is 13.7. The van der Waals surface area contributed by atoms with Crippen LogP contribution in [-0.2, 0) is 0 Å². The van der Waals surface area contributed by atoms with Gasteiger partial charge in [0, 0.05) is 47.8 Å². The van der Waals surface area contributed by atoms with Gasteiger partial charge >= 0.3 is 0 Å². The third kappa shape index (κ3) is 3.91. The number of hydrogen-bond donors (Lipinski definition) is 1. The Morgan fingerprint density at radius 3 is 2.83 bits per heavy atom. The van der Waals surface area contributed by atoms with Gasteiger partial charge in [0.25, 0.3) is 0 Å². The monoisotopic (exact) mass is 325 g/mol. The average molecular weight is 326 g/mol. The molecule has 0 amide bonds. The van der Waals surface area contributed by atoms with Gasteiger partial charge in [-0.05, 0) is 34.1 Å². The summed E-state index contributed by atoms with van der Waals surface area (Å²) in [6.45, 7) is 4.41. The molecule has 1 fully saturated rings. The van der Waals surface area contributed by atoms with Gasteiger partial charge in [-0.2, -0.15) is 17.0 Å². The second-order valence-electron chi connectivity index (χ2n) is 4.19. The Morgan fingerprint density at radius 1 is 1.39 bits per heavy atom. The van der Waals surface area contributed by atoms with E-state index >= 15 is 0 Å². The van der Waals surface area contributed by atoms with E-state index in [4.69, 9.17) is 5.26 Å². The summed E-state index contributed by atoms with van der Waals surface area (Å²) in [6, 6.07) is 7.77. The standard InChI is InChI=1S/C13H16BrN3S/c14-12-9-11(10-15)1-2-13(12)16-3-4-17-5-7-18-8-6-17/h1-2,9,16H,3-8H2. The van der Waals surface area contributed by atoms with Crippen LogP contribution < -0.4 is 5.32 Å². The van der Waals surface area contributed by atoms with Gasteiger partial charge in [-0.15, -0.1) is 0 Å². The second kappa shape index (κ2) is 7.03. The molecule has 2 rings (SSSR count). The number of nitriles is 1. The zero-order chi connectivity index (χ0) is 12.8.